The summed E-state index contributed by atoms with van der Waals surface area (Å²) in [5, 5.41) is 4.76. The van der Waals surface area contributed by atoms with Crippen LogP contribution in [0, 0.1) is 12.3 Å². The van der Waals surface area contributed by atoms with E-state index in [1.54, 1.807) is 11.7 Å². The molecule has 0 aliphatic heterocycles. The highest BCUT2D eigenvalue weighted by Gasteiger charge is 2.19. The molecule has 1 heterocycles. The van der Waals surface area contributed by atoms with Crippen LogP contribution < -0.4 is 0 Å². The second-order valence-corrected chi connectivity index (χ2v) is 5.79. The molecule has 0 radical (unpaired) electrons. The van der Waals surface area contributed by atoms with Gasteiger partial charge in [-0.1, -0.05) is 32.4 Å². The van der Waals surface area contributed by atoms with Crippen molar-refractivity contribution < 1.29 is 4.79 Å². The summed E-state index contributed by atoms with van der Waals surface area (Å²) >= 11 is 6.08. The van der Waals surface area contributed by atoms with Crippen LogP contribution in [0.2, 0.25) is 5.15 Å². The normalized spacial score (nSPS) is 11.9. The van der Waals surface area contributed by atoms with E-state index >= 15 is 0 Å². The Morgan fingerprint density at radius 1 is 1.44 bits per heavy atom. The van der Waals surface area contributed by atoms with Gasteiger partial charge in [-0.15, -0.1) is 0 Å². The Kier molecular flexibility index (Phi) is 3.79. The molecule has 0 atom stereocenters. The second-order valence-electron chi connectivity index (χ2n) is 5.43. The first-order valence-electron chi connectivity index (χ1n) is 5.40. The Morgan fingerprint density at radius 3 is 2.38 bits per heavy atom. The number of rotatable bonds is 3. The molecule has 0 bridgehead atoms. The SMILES string of the molecule is Cc1nn(C)c(Cl)c1CC(=O)CC(C)(C)C. The summed E-state index contributed by atoms with van der Waals surface area (Å²) in [5.41, 5.74) is 1.73. The van der Waals surface area contributed by atoms with Crippen molar-refractivity contribution in [1.29, 1.82) is 0 Å². The molecule has 0 saturated carbocycles. The minimum absolute atomic E-state index is 0.0275. The fourth-order valence-electron chi connectivity index (χ4n) is 1.73. The summed E-state index contributed by atoms with van der Waals surface area (Å²) in [7, 11) is 1.78. The first-order valence-corrected chi connectivity index (χ1v) is 5.78. The topological polar surface area (TPSA) is 34.9 Å². The van der Waals surface area contributed by atoms with Crippen LogP contribution in [0.25, 0.3) is 0 Å². The van der Waals surface area contributed by atoms with E-state index in [0.717, 1.165) is 11.3 Å². The van der Waals surface area contributed by atoms with Gasteiger partial charge in [0.1, 0.15) is 10.9 Å². The van der Waals surface area contributed by atoms with Crippen LogP contribution in [0.3, 0.4) is 0 Å². The van der Waals surface area contributed by atoms with E-state index in [-0.39, 0.29) is 11.2 Å². The van der Waals surface area contributed by atoms with Gasteiger partial charge in [-0.3, -0.25) is 9.48 Å². The van der Waals surface area contributed by atoms with Gasteiger partial charge in [-0.2, -0.15) is 5.10 Å². The van der Waals surface area contributed by atoms with E-state index in [9.17, 15) is 4.79 Å². The van der Waals surface area contributed by atoms with Crippen molar-refractivity contribution in [2.75, 3.05) is 0 Å². The van der Waals surface area contributed by atoms with Gasteiger partial charge < -0.3 is 0 Å². The number of carbonyl (C=O) groups is 1. The lowest BCUT2D eigenvalue weighted by atomic mass is 9.88. The van der Waals surface area contributed by atoms with Gasteiger partial charge in [-0.25, -0.2) is 0 Å². The molecule has 16 heavy (non-hydrogen) atoms. The molecule has 0 N–H and O–H groups in total. The van der Waals surface area contributed by atoms with Crippen LogP contribution in [-0.4, -0.2) is 15.6 Å². The maximum atomic E-state index is 11.8. The molecule has 90 valence electrons. The molecule has 0 spiro atoms. The first-order chi connectivity index (χ1) is 7.20. The van der Waals surface area contributed by atoms with E-state index in [1.165, 1.54) is 0 Å². The average Bonchev–Trinajstić information content (AvgIpc) is 2.29. The monoisotopic (exact) mass is 242 g/mol. The van der Waals surface area contributed by atoms with Crippen LogP contribution >= 0.6 is 11.6 Å². The molecular weight excluding hydrogens is 224 g/mol. The number of halogens is 1. The van der Waals surface area contributed by atoms with Crippen molar-refractivity contribution >= 4 is 17.4 Å². The minimum Gasteiger partial charge on any atom is -0.299 e. The molecule has 0 aliphatic rings. The Labute approximate surface area is 102 Å². The van der Waals surface area contributed by atoms with Crippen molar-refractivity contribution in [1.82, 2.24) is 9.78 Å². The largest absolute Gasteiger partial charge is 0.299 e. The number of ketones is 1. The van der Waals surface area contributed by atoms with Crippen molar-refractivity contribution in [3.8, 4) is 0 Å². The van der Waals surface area contributed by atoms with Crippen molar-refractivity contribution in [2.45, 2.75) is 40.5 Å². The van der Waals surface area contributed by atoms with E-state index in [1.807, 2.05) is 6.92 Å². The molecule has 0 unspecified atom stereocenters. The highest BCUT2D eigenvalue weighted by molar-refractivity contribution is 6.30. The summed E-state index contributed by atoms with van der Waals surface area (Å²) in [5.74, 6) is 0.213. The molecule has 3 nitrogen and oxygen atoms in total. The standard InChI is InChI=1S/C12H19ClN2O/c1-8-10(11(13)15(5)14-8)6-9(16)7-12(2,3)4/h6-7H2,1-5H3. The Bertz CT molecular complexity index is 402. The quantitative estimate of drug-likeness (QED) is 0.817. The van der Waals surface area contributed by atoms with Crippen molar-refractivity contribution in [3.05, 3.63) is 16.4 Å². The predicted octanol–water partition coefficient (Wildman–Crippen LogP) is 2.93. The zero-order valence-electron chi connectivity index (χ0n) is 10.6. The summed E-state index contributed by atoms with van der Waals surface area (Å²) < 4.78 is 1.61. The maximum absolute atomic E-state index is 11.8. The van der Waals surface area contributed by atoms with Gasteiger partial charge in [0, 0.05) is 25.5 Å². The lowest BCUT2D eigenvalue weighted by molar-refractivity contribution is -0.120. The molecule has 0 amide bonds. The molecule has 0 fully saturated rings. The van der Waals surface area contributed by atoms with Crippen LogP contribution in [0.1, 0.15) is 38.4 Å². The van der Waals surface area contributed by atoms with Crippen molar-refractivity contribution in [3.63, 3.8) is 0 Å². The molecule has 0 aliphatic carbocycles. The summed E-state index contributed by atoms with van der Waals surface area (Å²) in [6.45, 7) is 8.05. The third kappa shape index (κ3) is 3.34. The second kappa shape index (κ2) is 4.58. The Morgan fingerprint density at radius 2 is 2.00 bits per heavy atom. The van der Waals surface area contributed by atoms with Gasteiger partial charge in [0.05, 0.1) is 5.69 Å². The lowest BCUT2D eigenvalue weighted by Gasteiger charge is -2.16. The first kappa shape index (κ1) is 13.2. The highest BCUT2D eigenvalue weighted by Crippen LogP contribution is 2.23. The van der Waals surface area contributed by atoms with Gasteiger partial charge in [-0.05, 0) is 12.3 Å². The molecule has 4 heteroatoms. The van der Waals surface area contributed by atoms with Gasteiger partial charge in [0.15, 0.2) is 0 Å². The predicted molar refractivity (Wildman–Crippen MR) is 65.7 cm³/mol. The third-order valence-corrected chi connectivity index (χ3v) is 2.84. The van der Waals surface area contributed by atoms with Crippen LogP contribution in [-0.2, 0) is 18.3 Å². The van der Waals surface area contributed by atoms with Crippen LogP contribution in [0.5, 0.6) is 0 Å². The molecule has 1 aromatic heterocycles. The smallest absolute Gasteiger partial charge is 0.137 e. The summed E-state index contributed by atoms with van der Waals surface area (Å²) in [6, 6.07) is 0. The zero-order chi connectivity index (χ0) is 12.5. The fraction of sp³-hybridized carbons (Fsp3) is 0.667. The fourth-order valence-corrected chi connectivity index (χ4v) is 1.97. The number of carbonyl (C=O) groups excluding carboxylic acids is 1. The van der Waals surface area contributed by atoms with E-state index in [0.29, 0.717) is 18.0 Å². The zero-order valence-corrected chi connectivity index (χ0v) is 11.4. The third-order valence-electron chi connectivity index (χ3n) is 2.37. The van der Waals surface area contributed by atoms with Crippen LogP contribution in [0.4, 0.5) is 0 Å². The Balaban J connectivity index is 2.78. The molecule has 1 rings (SSSR count). The number of hydrogen-bond donors (Lipinski definition) is 0. The molecular formula is C12H19ClN2O. The number of nitrogens with zero attached hydrogens (tertiary/aromatic N) is 2. The number of aryl methyl sites for hydroxylation is 2. The number of Topliss-reactive ketones (excluding diaryl/α,β-unsaturated/α-hetero) is 1. The molecule has 0 aromatic carbocycles. The van der Waals surface area contributed by atoms with Crippen molar-refractivity contribution in [2.24, 2.45) is 12.5 Å². The van der Waals surface area contributed by atoms with E-state index in [2.05, 4.69) is 25.9 Å². The minimum atomic E-state index is 0.0275. The Hall–Kier alpha value is -0.830. The molecule has 1 aromatic rings. The highest BCUT2D eigenvalue weighted by atomic mass is 35.5. The summed E-state index contributed by atoms with van der Waals surface area (Å²) in [4.78, 5) is 11.8. The van der Waals surface area contributed by atoms with Crippen LogP contribution in [0.15, 0.2) is 0 Å². The summed E-state index contributed by atoms with van der Waals surface area (Å²) in [6.07, 6.45) is 0.952. The van der Waals surface area contributed by atoms with E-state index < -0.39 is 0 Å². The van der Waals surface area contributed by atoms with Gasteiger partial charge >= 0.3 is 0 Å². The lowest BCUT2D eigenvalue weighted by Crippen LogP contribution is -2.15. The van der Waals surface area contributed by atoms with E-state index in [4.69, 9.17) is 11.6 Å². The average molecular weight is 243 g/mol. The number of hydrogen-bond acceptors (Lipinski definition) is 2. The van der Waals surface area contributed by atoms with Gasteiger partial charge in [0.25, 0.3) is 0 Å². The maximum Gasteiger partial charge on any atom is 0.137 e. The van der Waals surface area contributed by atoms with Gasteiger partial charge in [0.2, 0.25) is 0 Å². The number of aromatic nitrogens is 2. The molecule has 0 saturated heterocycles.